The number of hydrogen-bond acceptors (Lipinski definition) is 2. The van der Waals surface area contributed by atoms with Crippen LogP contribution in [0.3, 0.4) is 0 Å². The first-order chi connectivity index (χ1) is 15.8. The Morgan fingerprint density at radius 3 is 2.55 bits per heavy atom. The van der Waals surface area contributed by atoms with Gasteiger partial charge in [0.2, 0.25) is 5.91 Å². The number of carbonyl (C=O) groups is 1. The molecule has 1 aromatic rings. The van der Waals surface area contributed by atoms with Crippen molar-refractivity contribution in [3.63, 3.8) is 0 Å². The van der Waals surface area contributed by atoms with Gasteiger partial charge in [-0.3, -0.25) is 4.79 Å². The van der Waals surface area contributed by atoms with Crippen LogP contribution in [0.4, 0.5) is 0 Å². The summed E-state index contributed by atoms with van der Waals surface area (Å²) in [4.78, 5) is 15.2. The molecule has 6 rings (SSSR count). The van der Waals surface area contributed by atoms with E-state index in [1.54, 1.807) is 0 Å². The highest BCUT2D eigenvalue weighted by Gasteiger charge is 2.57. The van der Waals surface area contributed by atoms with Crippen molar-refractivity contribution >= 4 is 5.91 Å². The van der Waals surface area contributed by atoms with Gasteiger partial charge in [-0.25, -0.2) is 0 Å². The molecule has 4 saturated carbocycles. The van der Waals surface area contributed by atoms with Gasteiger partial charge in [0.1, 0.15) is 0 Å². The fourth-order valence-electron chi connectivity index (χ4n) is 9.65. The van der Waals surface area contributed by atoms with Crippen LogP contribution in [0.15, 0.2) is 30.3 Å². The standard InChI is InChI=1S/C30H43NO2/c1-29(33)14-12-24-21(17-29)8-10-26-25(24)13-15-30(2)23(9-11-27(26)30)19-31-18-22(16-28(31)32)20-6-4-3-5-7-20/h3-7,21-27,33H,8-19H2,1-2H3/t21-,22?,23-,24+,25-,26-,27+,29-,30-/m1/s1. The quantitative estimate of drug-likeness (QED) is 0.613. The van der Waals surface area contributed by atoms with E-state index >= 15 is 0 Å². The highest BCUT2D eigenvalue weighted by Crippen LogP contribution is 2.64. The van der Waals surface area contributed by atoms with Crippen LogP contribution in [0.2, 0.25) is 0 Å². The maximum atomic E-state index is 13.0. The molecule has 33 heavy (non-hydrogen) atoms. The Balaban J connectivity index is 1.14. The number of amides is 1. The first kappa shape index (κ1) is 22.1. The highest BCUT2D eigenvalue weighted by atomic mass is 16.3. The van der Waals surface area contributed by atoms with E-state index in [9.17, 15) is 9.90 Å². The summed E-state index contributed by atoms with van der Waals surface area (Å²) < 4.78 is 0. The number of fused-ring (bicyclic) bond motifs is 5. The molecule has 4 aliphatic carbocycles. The van der Waals surface area contributed by atoms with Crippen LogP contribution in [0.25, 0.3) is 0 Å². The molecule has 0 bridgehead atoms. The van der Waals surface area contributed by atoms with Crippen molar-refractivity contribution < 1.29 is 9.90 Å². The lowest BCUT2D eigenvalue weighted by molar-refractivity contribution is -0.129. The zero-order valence-corrected chi connectivity index (χ0v) is 20.7. The average Bonchev–Trinajstić information content (AvgIpc) is 3.33. The number of aliphatic hydroxyl groups is 1. The Morgan fingerprint density at radius 1 is 0.939 bits per heavy atom. The van der Waals surface area contributed by atoms with E-state index < -0.39 is 5.60 Å². The number of carbonyl (C=O) groups excluding carboxylic acids is 1. The van der Waals surface area contributed by atoms with Crippen LogP contribution in [-0.4, -0.2) is 34.6 Å². The number of benzene rings is 1. The van der Waals surface area contributed by atoms with Gasteiger partial charge < -0.3 is 10.0 Å². The molecule has 0 spiro atoms. The number of hydrogen-bond donors (Lipinski definition) is 1. The topological polar surface area (TPSA) is 40.5 Å². The van der Waals surface area contributed by atoms with Gasteiger partial charge in [0.15, 0.2) is 0 Å². The van der Waals surface area contributed by atoms with Crippen molar-refractivity contribution in [2.75, 3.05) is 13.1 Å². The van der Waals surface area contributed by atoms with Crippen molar-refractivity contribution in [2.24, 2.45) is 40.9 Å². The molecule has 5 aliphatic rings. The first-order valence-corrected chi connectivity index (χ1v) is 13.9. The van der Waals surface area contributed by atoms with E-state index in [0.29, 0.717) is 29.6 Å². The third kappa shape index (κ3) is 3.77. The lowest BCUT2D eigenvalue weighted by Crippen LogP contribution is -2.51. The van der Waals surface area contributed by atoms with Crippen LogP contribution in [-0.2, 0) is 4.79 Å². The zero-order valence-electron chi connectivity index (χ0n) is 20.7. The molecular formula is C30H43NO2. The SMILES string of the molecule is C[C@@]1(O)CC[C@H]2[C@H](CC[C@@H]3[C@@H]2CC[C@]2(C)[C@@H](CN4CC(c5ccccc5)CC4=O)CC[C@@H]32)C1. The van der Waals surface area contributed by atoms with E-state index in [2.05, 4.69) is 49.1 Å². The summed E-state index contributed by atoms with van der Waals surface area (Å²) in [5, 5.41) is 10.7. The zero-order chi connectivity index (χ0) is 22.8. The molecule has 0 radical (unpaired) electrons. The summed E-state index contributed by atoms with van der Waals surface area (Å²) in [5.74, 6) is 5.68. The molecule has 1 aromatic carbocycles. The van der Waals surface area contributed by atoms with Crippen molar-refractivity contribution in [1.82, 2.24) is 4.90 Å². The molecule has 0 aromatic heterocycles. The largest absolute Gasteiger partial charge is 0.390 e. The van der Waals surface area contributed by atoms with Gasteiger partial charge in [-0.2, -0.15) is 0 Å². The average molecular weight is 450 g/mol. The monoisotopic (exact) mass is 449 g/mol. The number of nitrogens with zero attached hydrogens (tertiary/aromatic N) is 1. The molecule has 1 N–H and O–H groups in total. The van der Waals surface area contributed by atoms with Crippen molar-refractivity contribution in [1.29, 1.82) is 0 Å². The maximum absolute atomic E-state index is 13.0. The molecule has 1 unspecified atom stereocenters. The van der Waals surface area contributed by atoms with E-state index in [1.807, 2.05) is 0 Å². The minimum Gasteiger partial charge on any atom is -0.390 e. The fourth-order valence-corrected chi connectivity index (χ4v) is 9.65. The molecule has 3 heteroatoms. The van der Waals surface area contributed by atoms with Crippen molar-refractivity contribution in [3.05, 3.63) is 35.9 Å². The van der Waals surface area contributed by atoms with Crippen LogP contribution in [0, 0.1) is 40.9 Å². The Morgan fingerprint density at radius 2 is 1.73 bits per heavy atom. The van der Waals surface area contributed by atoms with Gasteiger partial charge in [0.05, 0.1) is 5.60 Å². The van der Waals surface area contributed by atoms with Crippen LogP contribution in [0.5, 0.6) is 0 Å². The van der Waals surface area contributed by atoms with Crippen LogP contribution >= 0.6 is 0 Å². The lowest BCUT2D eigenvalue weighted by atomic mass is 9.49. The predicted molar refractivity (Wildman–Crippen MR) is 132 cm³/mol. The minimum absolute atomic E-state index is 0.373. The summed E-state index contributed by atoms with van der Waals surface area (Å²) in [6, 6.07) is 10.7. The van der Waals surface area contributed by atoms with Crippen molar-refractivity contribution in [3.8, 4) is 0 Å². The highest BCUT2D eigenvalue weighted by molar-refractivity contribution is 5.79. The van der Waals surface area contributed by atoms with Gasteiger partial charge in [-0.05, 0) is 111 Å². The molecule has 1 saturated heterocycles. The number of likely N-dealkylation sites (tertiary alicyclic amines) is 1. The fraction of sp³-hybridized carbons (Fsp3) is 0.767. The molecule has 180 valence electrons. The van der Waals surface area contributed by atoms with Crippen LogP contribution < -0.4 is 0 Å². The Bertz CT molecular complexity index is 881. The van der Waals surface area contributed by atoms with Crippen LogP contribution in [0.1, 0.15) is 89.5 Å². The summed E-state index contributed by atoms with van der Waals surface area (Å²) in [6.07, 6.45) is 12.1. The normalized spacial score (nSPS) is 47.2. The molecular weight excluding hydrogens is 406 g/mol. The Hall–Kier alpha value is -1.35. The predicted octanol–water partition coefficient (Wildman–Crippen LogP) is 6.02. The molecule has 1 amide bonds. The number of rotatable bonds is 3. The van der Waals surface area contributed by atoms with E-state index in [0.717, 1.165) is 55.5 Å². The Labute approximate surface area is 200 Å². The molecule has 1 heterocycles. The Kier molecular flexibility index (Phi) is 5.44. The van der Waals surface area contributed by atoms with Gasteiger partial charge in [0, 0.05) is 25.4 Å². The van der Waals surface area contributed by atoms with Gasteiger partial charge in [0.25, 0.3) is 0 Å². The van der Waals surface area contributed by atoms with E-state index in [4.69, 9.17) is 0 Å². The van der Waals surface area contributed by atoms with Gasteiger partial charge in [-0.1, -0.05) is 37.3 Å². The van der Waals surface area contributed by atoms with Crippen molar-refractivity contribution in [2.45, 2.75) is 89.6 Å². The van der Waals surface area contributed by atoms with E-state index in [1.165, 1.54) is 50.5 Å². The lowest BCUT2D eigenvalue weighted by Gasteiger charge is -2.57. The van der Waals surface area contributed by atoms with E-state index in [-0.39, 0.29) is 0 Å². The summed E-state index contributed by atoms with van der Waals surface area (Å²) in [5.41, 5.74) is 1.32. The van der Waals surface area contributed by atoms with Gasteiger partial charge in [-0.15, -0.1) is 0 Å². The molecule has 3 nitrogen and oxygen atoms in total. The second-order valence-corrected chi connectivity index (χ2v) is 13.1. The molecule has 1 aliphatic heterocycles. The summed E-state index contributed by atoms with van der Waals surface area (Å²) >= 11 is 0. The third-order valence-electron chi connectivity index (χ3n) is 11.4. The first-order valence-electron chi connectivity index (χ1n) is 13.9. The summed E-state index contributed by atoms with van der Waals surface area (Å²) in [6.45, 7) is 6.56. The smallest absolute Gasteiger partial charge is 0.223 e. The minimum atomic E-state index is -0.421. The second-order valence-electron chi connectivity index (χ2n) is 13.1. The van der Waals surface area contributed by atoms with Gasteiger partial charge >= 0.3 is 0 Å². The second kappa shape index (κ2) is 8.11. The molecule has 9 atom stereocenters. The summed E-state index contributed by atoms with van der Waals surface area (Å²) in [7, 11) is 0. The molecule has 5 fully saturated rings. The maximum Gasteiger partial charge on any atom is 0.223 e. The third-order valence-corrected chi connectivity index (χ3v) is 11.4.